The third-order valence-corrected chi connectivity index (χ3v) is 5.39. The van der Waals surface area contributed by atoms with Gasteiger partial charge < -0.3 is 0 Å². The molecule has 2 aromatic carbocycles. The van der Waals surface area contributed by atoms with E-state index in [1.165, 1.54) is 16.8 Å². The third kappa shape index (κ3) is 3.69. The molecule has 29 heavy (non-hydrogen) atoms. The molecule has 3 heterocycles. The number of hydrogen-bond acceptors (Lipinski definition) is 4. The van der Waals surface area contributed by atoms with E-state index < -0.39 is 0 Å². The van der Waals surface area contributed by atoms with Crippen molar-refractivity contribution in [3.05, 3.63) is 89.9 Å². The lowest BCUT2D eigenvalue weighted by molar-refractivity contribution is 0.243. The molecule has 0 radical (unpaired) electrons. The maximum absolute atomic E-state index is 4.84. The molecule has 5 nitrogen and oxygen atoms in total. The summed E-state index contributed by atoms with van der Waals surface area (Å²) < 4.78 is 1.91. The summed E-state index contributed by atoms with van der Waals surface area (Å²) in [5, 5.41) is 4.70. The van der Waals surface area contributed by atoms with Crippen molar-refractivity contribution >= 4 is 0 Å². The van der Waals surface area contributed by atoms with Gasteiger partial charge in [-0.15, -0.1) is 0 Å². The van der Waals surface area contributed by atoms with Crippen LogP contribution in [0.3, 0.4) is 0 Å². The van der Waals surface area contributed by atoms with Crippen LogP contribution in [0.5, 0.6) is 0 Å². The highest BCUT2D eigenvalue weighted by Crippen LogP contribution is 2.26. The van der Waals surface area contributed by atoms with Gasteiger partial charge in [-0.1, -0.05) is 60.7 Å². The Morgan fingerprint density at radius 1 is 0.931 bits per heavy atom. The number of rotatable bonds is 4. The molecule has 0 N–H and O–H groups in total. The Labute approximate surface area is 170 Å². The third-order valence-electron chi connectivity index (χ3n) is 5.39. The summed E-state index contributed by atoms with van der Waals surface area (Å²) in [6.07, 6.45) is 5.07. The van der Waals surface area contributed by atoms with Crippen LogP contribution in [0, 0.1) is 0 Å². The highest BCUT2D eigenvalue weighted by Gasteiger charge is 2.21. The Kier molecular flexibility index (Phi) is 4.66. The van der Waals surface area contributed by atoms with Crippen molar-refractivity contribution in [2.24, 2.45) is 7.05 Å². The molecule has 0 aliphatic carbocycles. The van der Waals surface area contributed by atoms with Gasteiger partial charge in [0.05, 0.1) is 11.4 Å². The van der Waals surface area contributed by atoms with Crippen LogP contribution in [-0.2, 0) is 26.6 Å². The number of aromatic nitrogens is 4. The second-order valence-electron chi connectivity index (χ2n) is 7.53. The number of benzene rings is 2. The molecule has 0 spiro atoms. The largest absolute Gasteiger partial charge is 0.294 e. The average Bonchev–Trinajstić information content (AvgIpc) is 3.14. The quantitative estimate of drug-likeness (QED) is 0.534. The van der Waals surface area contributed by atoms with Gasteiger partial charge in [0.25, 0.3) is 0 Å². The molecule has 1 aliphatic rings. The lowest BCUT2D eigenvalue weighted by atomic mass is 10.0. The molecule has 1 aliphatic heterocycles. The molecule has 5 rings (SSSR count). The van der Waals surface area contributed by atoms with Gasteiger partial charge >= 0.3 is 0 Å². The van der Waals surface area contributed by atoms with Gasteiger partial charge in [0, 0.05) is 67.8 Å². The maximum Gasteiger partial charge on any atom is 0.159 e. The predicted molar refractivity (Wildman–Crippen MR) is 114 cm³/mol. The summed E-state index contributed by atoms with van der Waals surface area (Å²) in [7, 11) is 1.99. The first-order valence-electron chi connectivity index (χ1n) is 9.97. The Bertz CT molecular complexity index is 1120. The van der Waals surface area contributed by atoms with Crippen molar-refractivity contribution < 1.29 is 0 Å². The zero-order valence-electron chi connectivity index (χ0n) is 16.5. The molecule has 2 aromatic heterocycles. The van der Waals surface area contributed by atoms with E-state index in [2.05, 4.69) is 52.5 Å². The first kappa shape index (κ1) is 17.8. The van der Waals surface area contributed by atoms with Crippen LogP contribution < -0.4 is 0 Å². The van der Waals surface area contributed by atoms with Gasteiger partial charge in [-0.25, -0.2) is 9.97 Å². The second kappa shape index (κ2) is 7.60. The molecule has 0 atom stereocenters. The first-order chi connectivity index (χ1) is 14.3. The molecular formula is C24H23N5. The highest BCUT2D eigenvalue weighted by molar-refractivity contribution is 5.62. The van der Waals surface area contributed by atoms with Crippen molar-refractivity contribution in [3.8, 4) is 22.6 Å². The molecule has 0 unspecified atom stereocenters. The fourth-order valence-electron chi connectivity index (χ4n) is 3.97. The lowest BCUT2D eigenvalue weighted by Crippen LogP contribution is -2.31. The minimum absolute atomic E-state index is 0.816. The van der Waals surface area contributed by atoms with Crippen LogP contribution in [0.15, 0.2) is 73.1 Å². The van der Waals surface area contributed by atoms with Crippen LogP contribution in [0.4, 0.5) is 0 Å². The first-order valence-corrected chi connectivity index (χ1v) is 9.97. The fourth-order valence-corrected chi connectivity index (χ4v) is 3.97. The molecular weight excluding hydrogens is 358 g/mol. The summed E-state index contributed by atoms with van der Waals surface area (Å²) in [5.74, 6) is 0.816. The predicted octanol–water partition coefficient (Wildman–Crippen LogP) is 4.10. The topological polar surface area (TPSA) is 46.8 Å². The number of fused-ring (bicyclic) bond motifs is 1. The summed E-state index contributed by atoms with van der Waals surface area (Å²) in [6.45, 7) is 2.73. The van der Waals surface area contributed by atoms with E-state index in [4.69, 9.17) is 10.1 Å². The number of hydrogen-bond donors (Lipinski definition) is 0. The Balaban J connectivity index is 1.36. The smallest absolute Gasteiger partial charge is 0.159 e. The normalized spacial score (nSPS) is 14.0. The van der Waals surface area contributed by atoms with E-state index in [-0.39, 0.29) is 0 Å². The molecule has 4 aromatic rings. The zero-order chi connectivity index (χ0) is 19.6. The summed E-state index contributed by atoms with van der Waals surface area (Å²) in [4.78, 5) is 11.9. The van der Waals surface area contributed by atoms with Crippen molar-refractivity contribution in [1.82, 2.24) is 24.6 Å². The minimum Gasteiger partial charge on any atom is -0.294 e. The van der Waals surface area contributed by atoms with Crippen LogP contribution >= 0.6 is 0 Å². The van der Waals surface area contributed by atoms with E-state index in [1.807, 2.05) is 42.2 Å². The molecule has 0 amide bonds. The van der Waals surface area contributed by atoms with Gasteiger partial charge in [-0.05, 0) is 0 Å². The monoisotopic (exact) mass is 381 g/mol. The number of aryl methyl sites for hydroxylation is 1. The average molecular weight is 381 g/mol. The molecule has 0 saturated carbocycles. The van der Waals surface area contributed by atoms with Crippen LogP contribution in [0.25, 0.3) is 22.6 Å². The van der Waals surface area contributed by atoms with Crippen molar-refractivity contribution in [2.75, 3.05) is 6.54 Å². The van der Waals surface area contributed by atoms with E-state index in [0.717, 1.165) is 48.7 Å². The van der Waals surface area contributed by atoms with E-state index in [1.54, 1.807) is 0 Å². The van der Waals surface area contributed by atoms with Gasteiger partial charge in [0.15, 0.2) is 5.82 Å². The minimum atomic E-state index is 0.816. The Morgan fingerprint density at radius 2 is 1.66 bits per heavy atom. The molecule has 0 saturated heterocycles. The van der Waals surface area contributed by atoms with Crippen LogP contribution in [0.2, 0.25) is 0 Å². The SMILES string of the molecule is Cn1cc(CN2CCc3nc(-c4ccccc4)ncc3C2)c(-c2ccccc2)n1. The molecule has 0 fully saturated rings. The van der Waals surface area contributed by atoms with E-state index >= 15 is 0 Å². The van der Waals surface area contributed by atoms with Gasteiger partial charge in [-0.2, -0.15) is 5.10 Å². The molecule has 0 bridgehead atoms. The van der Waals surface area contributed by atoms with Crippen LogP contribution in [-0.4, -0.2) is 31.2 Å². The van der Waals surface area contributed by atoms with E-state index in [9.17, 15) is 0 Å². The van der Waals surface area contributed by atoms with E-state index in [0.29, 0.717) is 0 Å². The van der Waals surface area contributed by atoms with Gasteiger partial charge in [0.1, 0.15) is 0 Å². The molecule has 144 valence electrons. The van der Waals surface area contributed by atoms with Crippen molar-refractivity contribution in [2.45, 2.75) is 19.5 Å². The number of nitrogens with zero attached hydrogens (tertiary/aromatic N) is 5. The highest BCUT2D eigenvalue weighted by atomic mass is 15.3. The maximum atomic E-state index is 4.84. The lowest BCUT2D eigenvalue weighted by Gasteiger charge is -2.28. The second-order valence-corrected chi connectivity index (χ2v) is 7.53. The van der Waals surface area contributed by atoms with Gasteiger partial charge in [-0.3, -0.25) is 9.58 Å². The molecule has 5 heteroatoms. The van der Waals surface area contributed by atoms with Crippen LogP contribution in [0.1, 0.15) is 16.8 Å². The van der Waals surface area contributed by atoms with Crippen molar-refractivity contribution in [1.29, 1.82) is 0 Å². The Hall–Kier alpha value is -3.31. The summed E-state index contributed by atoms with van der Waals surface area (Å²) in [6, 6.07) is 20.6. The standard InChI is InChI=1S/C24H23N5/c1-28-15-21(23(27-28)18-8-4-2-5-9-18)17-29-13-12-22-20(16-29)14-25-24(26-22)19-10-6-3-7-11-19/h2-11,14-15H,12-13,16-17H2,1H3. The Morgan fingerprint density at radius 3 is 2.41 bits per heavy atom. The van der Waals surface area contributed by atoms with Crippen molar-refractivity contribution in [3.63, 3.8) is 0 Å². The summed E-state index contributed by atoms with van der Waals surface area (Å²) in [5.41, 5.74) is 6.95. The fraction of sp³-hybridized carbons (Fsp3) is 0.208. The zero-order valence-corrected chi connectivity index (χ0v) is 16.5. The summed E-state index contributed by atoms with van der Waals surface area (Å²) >= 11 is 0. The van der Waals surface area contributed by atoms with Gasteiger partial charge in [0.2, 0.25) is 0 Å².